The number of hydrogen-bond donors (Lipinski definition) is 1. The molecule has 0 aliphatic carbocycles. The summed E-state index contributed by atoms with van der Waals surface area (Å²) < 4.78 is 9.92. The van der Waals surface area contributed by atoms with Gasteiger partial charge in [-0.1, -0.05) is 29.8 Å². The Morgan fingerprint density at radius 2 is 1.60 bits per heavy atom. The van der Waals surface area contributed by atoms with Crippen molar-refractivity contribution < 1.29 is 23.9 Å². The molecule has 6 heteroatoms. The monoisotopic (exact) mass is 341 g/mol. The summed E-state index contributed by atoms with van der Waals surface area (Å²) in [6.45, 7) is 3.38. The number of esters is 2. The molecule has 0 fully saturated rings. The van der Waals surface area contributed by atoms with Crippen molar-refractivity contribution in [3.8, 4) is 0 Å². The fourth-order valence-electron chi connectivity index (χ4n) is 2.07. The SMILES string of the molecule is CCOC(=O)c1ccccc1NC(=O)COC(=O)c1ccc(C)cc1. The van der Waals surface area contributed by atoms with E-state index in [1.807, 2.05) is 6.92 Å². The number of rotatable bonds is 6. The summed E-state index contributed by atoms with van der Waals surface area (Å²) in [6, 6.07) is 13.3. The van der Waals surface area contributed by atoms with Crippen molar-refractivity contribution in [2.24, 2.45) is 0 Å². The van der Waals surface area contributed by atoms with E-state index >= 15 is 0 Å². The molecule has 2 rings (SSSR count). The van der Waals surface area contributed by atoms with Crippen LogP contribution >= 0.6 is 0 Å². The number of amides is 1. The highest BCUT2D eigenvalue weighted by Crippen LogP contribution is 2.16. The Bertz CT molecular complexity index is 768. The number of para-hydroxylation sites is 1. The first-order valence-corrected chi connectivity index (χ1v) is 7.81. The Morgan fingerprint density at radius 1 is 0.920 bits per heavy atom. The number of ether oxygens (including phenoxy) is 2. The van der Waals surface area contributed by atoms with Gasteiger partial charge in [-0.2, -0.15) is 0 Å². The molecule has 0 radical (unpaired) electrons. The van der Waals surface area contributed by atoms with E-state index in [4.69, 9.17) is 9.47 Å². The Hall–Kier alpha value is -3.15. The Labute approximate surface area is 145 Å². The number of aryl methyl sites for hydroxylation is 1. The predicted octanol–water partition coefficient (Wildman–Crippen LogP) is 2.97. The molecule has 0 bridgehead atoms. The normalized spacial score (nSPS) is 10.0. The van der Waals surface area contributed by atoms with E-state index in [0.29, 0.717) is 11.3 Å². The van der Waals surface area contributed by atoms with E-state index in [0.717, 1.165) is 5.56 Å². The minimum absolute atomic E-state index is 0.231. The summed E-state index contributed by atoms with van der Waals surface area (Å²) in [5, 5.41) is 2.55. The zero-order valence-electron chi connectivity index (χ0n) is 14.1. The van der Waals surface area contributed by atoms with Gasteiger partial charge in [-0.3, -0.25) is 4.79 Å². The number of carbonyl (C=O) groups excluding carboxylic acids is 3. The quantitative estimate of drug-likeness (QED) is 0.817. The number of hydrogen-bond acceptors (Lipinski definition) is 5. The number of benzene rings is 2. The smallest absolute Gasteiger partial charge is 0.340 e. The van der Waals surface area contributed by atoms with Gasteiger partial charge in [-0.05, 0) is 38.1 Å². The van der Waals surface area contributed by atoms with Crippen LogP contribution in [0.5, 0.6) is 0 Å². The van der Waals surface area contributed by atoms with Crippen LogP contribution in [0.4, 0.5) is 5.69 Å². The summed E-state index contributed by atoms with van der Waals surface area (Å²) in [5.74, 6) is -1.67. The lowest BCUT2D eigenvalue weighted by atomic mass is 10.1. The molecule has 25 heavy (non-hydrogen) atoms. The molecule has 0 aliphatic heterocycles. The van der Waals surface area contributed by atoms with Crippen molar-refractivity contribution in [2.75, 3.05) is 18.5 Å². The summed E-state index contributed by atoms with van der Waals surface area (Å²) in [4.78, 5) is 35.8. The van der Waals surface area contributed by atoms with Crippen LogP contribution in [0.3, 0.4) is 0 Å². The summed E-state index contributed by atoms with van der Waals surface area (Å²) in [7, 11) is 0. The van der Waals surface area contributed by atoms with Gasteiger partial charge in [0.1, 0.15) is 0 Å². The second-order valence-corrected chi connectivity index (χ2v) is 5.26. The van der Waals surface area contributed by atoms with Crippen molar-refractivity contribution in [2.45, 2.75) is 13.8 Å². The highest BCUT2D eigenvalue weighted by Gasteiger charge is 2.15. The van der Waals surface area contributed by atoms with Crippen molar-refractivity contribution >= 4 is 23.5 Å². The van der Waals surface area contributed by atoms with E-state index in [1.54, 1.807) is 55.5 Å². The van der Waals surface area contributed by atoms with Crippen molar-refractivity contribution in [3.05, 3.63) is 65.2 Å². The highest BCUT2D eigenvalue weighted by atomic mass is 16.5. The Balaban J connectivity index is 1.95. The summed E-state index contributed by atoms with van der Waals surface area (Å²) in [5.41, 5.74) is 1.93. The number of anilines is 1. The molecule has 0 saturated heterocycles. The van der Waals surface area contributed by atoms with Crippen LogP contribution in [0.1, 0.15) is 33.2 Å². The van der Waals surface area contributed by atoms with Gasteiger partial charge < -0.3 is 14.8 Å². The number of nitrogens with one attached hydrogen (secondary N) is 1. The van der Waals surface area contributed by atoms with Crippen molar-refractivity contribution in [3.63, 3.8) is 0 Å². The molecule has 0 heterocycles. The fraction of sp³-hybridized carbons (Fsp3) is 0.211. The van der Waals surface area contributed by atoms with Gasteiger partial charge in [0, 0.05) is 0 Å². The van der Waals surface area contributed by atoms with Crippen LogP contribution < -0.4 is 5.32 Å². The summed E-state index contributed by atoms with van der Waals surface area (Å²) in [6.07, 6.45) is 0. The van der Waals surface area contributed by atoms with Crippen LogP contribution in [0, 0.1) is 6.92 Å². The zero-order chi connectivity index (χ0) is 18.2. The zero-order valence-corrected chi connectivity index (χ0v) is 14.1. The van der Waals surface area contributed by atoms with E-state index in [1.165, 1.54) is 0 Å². The van der Waals surface area contributed by atoms with Crippen molar-refractivity contribution in [1.82, 2.24) is 0 Å². The van der Waals surface area contributed by atoms with Gasteiger partial charge in [0.15, 0.2) is 6.61 Å². The van der Waals surface area contributed by atoms with E-state index < -0.39 is 24.5 Å². The molecule has 6 nitrogen and oxygen atoms in total. The van der Waals surface area contributed by atoms with Gasteiger partial charge >= 0.3 is 11.9 Å². The molecule has 2 aromatic carbocycles. The molecule has 2 aromatic rings. The van der Waals surface area contributed by atoms with Gasteiger partial charge in [0.2, 0.25) is 0 Å². The lowest BCUT2D eigenvalue weighted by Crippen LogP contribution is -2.22. The minimum atomic E-state index is -0.589. The Morgan fingerprint density at radius 3 is 2.28 bits per heavy atom. The van der Waals surface area contributed by atoms with Crippen LogP contribution in [0.15, 0.2) is 48.5 Å². The minimum Gasteiger partial charge on any atom is -0.462 e. The Kier molecular flexibility index (Phi) is 6.28. The second-order valence-electron chi connectivity index (χ2n) is 5.26. The van der Waals surface area contributed by atoms with E-state index in [9.17, 15) is 14.4 Å². The standard InChI is InChI=1S/C19H19NO5/c1-3-24-19(23)15-6-4-5-7-16(15)20-17(21)12-25-18(22)14-10-8-13(2)9-11-14/h4-11H,3,12H2,1-2H3,(H,20,21). The molecular formula is C19H19NO5. The maximum absolute atomic E-state index is 12.0. The molecule has 0 spiro atoms. The largest absolute Gasteiger partial charge is 0.462 e. The van der Waals surface area contributed by atoms with Gasteiger partial charge in [0.05, 0.1) is 23.4 Å². The molecule has 0 aliphatic rings. The molecule has 0 atom stereocenters. The molecule has 130 valence electrons. The van der Waals surface area contributed by atoms with Crippen LogP contribution in [0.2, 0.25) is 0 Å². The average molecular weight is 341 g/mol. The van der Waals surface area contributed by atoms with Gasteiger partial charge in [0.25, 0.3) is 5.91 Å². The molecular weight excluding hydrogens is 322 g/mol. The second kappa shape index (κ2) is 8.63. The third kappa shape index (κ3) is 5.17. The molecule has 0 unspecified atom stereocenters. The first-order chi connectivity index (χ1) is 12.0. The molecule has 0 saturated carbocycles. The van der Waals surface area contributed by atoms with E-state index in [2.05, 4.69) is 5.32 Å². The number of carbonyl (C=O) groups is 3. The topological polar surface area (TPSA) is 81.7 Å². The first-order valence-electron chi connectivity index (χ1n) is 7.81. The maximum Gasteiger partial charge on any atom is 0.340 e. The van der Waals surface area contributed by atoms with Crippen LogP contribution in [-0.2, 0) is 14.3 Å². The molecule has 1 N–H and O–H groups in total. The van der Waals surface area contributed by atoms with Gasteiger partial charge in [-0.15, -0.1) is 0 Å². The average Bonchev–Trinajstić information content (AvgIpc) is 2.61. The maximum atomic E-state index is 12.0. The predicted molar refractivity (Wildman–Crippen MR) is 92.5 cm³/mol. The van der Waals surface area contributed by atoms with E-state index in [-0.39, 0.29) is 12.2 Å². The van der Waals surface area contributed by atoms with Crippen LogP contribution in [-0.4, -0.2) is 31.1 Å². The fourth-order valence-corrected chi connectivity index (χ4v) is 2.07. The third-order valence-corrected chi connectivity index (χ3v) is 3.32. The molecule has 0 aromatic heterocycles. The lowest BCUT2D eigenvalue weighted by molar-refractivity contribution is -0.119. The van der Waals surface area contributed by atoms with Crippen molar-refractivity contribution in [1.29, 1.82) is 0 Å². The van der Waals surface area contributed by atoms with Crippen LogP contribution in [0.25, 0.3) is 0 Å². The lowest BCUT2D eigenvalue weighted by Gasteiger charge is -2.10. The third-order valence-electron chi connectivity index (χ3n) is 3.32. The van der Waals surface area contributed by atoms with Gasteiger partial charge in [-0.25, -0.2) is 9.59 Å². The molecule has 1 amide bonds. The highest BCUT2D eigenvalue weighted by molar-refractivity contribution is 6.02. The first kappa shape index (κ1) is 18.2. The summed E-state index contributed by atoms with van der Waals surface area (Å²) >= 11 is 0.